The van der Waals surface area contributed by atoms with E-state index in [-0.39, 0.29) is 23.2 Å². The van der Waals surface area contributed by atoms with Gasteiger partial charge < -0.3 is 14.7 Å². The van der Waals surface area contributed by atoms with Crippen molar-refractivity contribution in [3.05, 3.63) is 24.5 Å². The standard InChI is InChI=1S/C14H22N2O2S.C13H24N2.C12H20N2O.C12H22N2.C10H21NO2S/c1-12(2)14(3)6-9-16(10-7-14)19(17,18)13-5-4-8-15-11-13;1-11(2)12-5-7-15(8-6-12)10-13(3,4)9-14;1-10(2)12(3)5-8-14(9-6-12)11(15)4-7-13;1-11(2)12(3)5-9-14(10-6-12)8-4-7-13;1-10(2,3)9-5-7-11(8-6-9)14(4,12)13/h4-5,8,11-12H,6-7,9-10H2,1-3H3;11-12H,5-8,10H2,1-4H3;10H,4-6,8-9H2,1-3H3;11H,4-6,8-10H2,1-3H3;9H,5-8H2,1-4H3. The van der Waals surface area contributed by atoms with Crippen LogP contribution in [-0.2, 0) is 24.8 Å². The second-order valence-corrected chi connectivity index (χ2v) is 31.1. The van der Waals surface area contributed by atoms with Gasteiger partial charge in [-0.25, -0.2) is 21.1 Å². The minimum absolute atomic E-state index is 0.0108. The minimum Gasteiger partial charge on any atom is -0.342 e. The maximum Gasteiger partial charge on any atom is 0.244 e. The molecule has 0 aromatic carbocycles. The Labute approximate surface area is 472 Å². The van der Waals surface area contributed by atoms with Crippen LogP contribution in [0.4, 0.5) is 0 Å². The van der Waals surface area contributed by atoms with Crippen LogP contribution < -0.4 is 0 Å². The fourth-order valence-corrected chi connectivity index (χ4v) is 13.3. The number of carbonyl (C=O) groups excluding carboxylic acids is 1. The van der Waals surface area contributed by atoms with Crippen LogP contribution in [0.1, 0.15) is 188 Å². The summed E-state index contributed by atoms with van der Waals surface area (Å²) in [5.74, 6) is 4.37. The Bertz CT molecular complexity index is 2240. The lowest BCUT2D eigenvalue weighted by atomic mass is 9.72. The first-order valence-corrected chi connectivity index (χ1v) is 32.6. The molecule has 5 aliphatic heterocycles. The lowest BCUT2D eigenvalue weighted by Gasteiger charge is -2.42. The Balaban J connectivity index is 0.000000331. The highest BCUT2D eigenvalue weighted by atomic mass is 32.2. The van der Waals surface area contributed by atoms with Gasteiger partial charge in [-0.2, -0.15) is 20.1 Å². The second-order valence-electron chi connectivity index (χ2n) is 27.1. The zero-order valence-corrected chi connectivity index (χ0v) is 53.3. The number of carbonyl (C=O) groups is 1. The number of hydrogen-bond acceptors (Lipinski definition) is 11. The van der Waals surface area contributed by atoms with Gasteiger partial charge in [-0.1, -0.05) is 96.9 Å². The smallest absolute Gasteiger partial charge is 0.244 e. The topological polar surface area (TPSA) is 186 Å². The molecule has 0 atom stereocenters. The lowest BCUT2D eigenvalue weighted by molar-refractivity contribution is -0.132. The summed E-state index contributed by atoms with van der Waals surface area (Å²) in [6.45, 7) is 46.7. The SMILES string of the molecule is CC(C)(C)C1CCN(S(C)(=O)=O)CC1.CC(C)C1(C)CCN(C(=O)CC#N)CC1.CC(C)C1(C)CCN(CCC#N)CC1.CC(C)C1(C)CCN(S(=O)(=O)c2cccnc2)CC1.CC(C)C1CCN(CC(C)(C)C#N)CC1. The van der Waals surface area contributed by atoms with Gasteiger partial charge in [0, 0.05) is 71.2 Å². The number of pyridine rings is 1. The summed E-state index contributed by atoms with van der Waals surface area (Å²) in [5.41, 5.74) is 1.27. The van der Waals surface area contributed by atoms with Gasteiger partial charge in [0.2, 0.25) is 26.0 Å². The molecule has 0 spiro atoms. The molecule has 6 rings (SSSR count). The van der Waals surface area contributed by atoms with Crippen LogP contribution in [0.3, 0.4) is 0 Å². The third-order valence-electron chi connectivity index (χ3n) is 19.0. The highest BCUT2D eigenvalue weighted by Gasteiger charge is 2.38. The number of rotatable bonds is 12. The van der Waals surface area contributed by atoms with Crippen molar-refractivity contribution in [3.8, 4) is 18.2 Å². The molecule has 1 amide bonds. The van der Waals surface area contributed by atoms with Crippen LogP contribution in [0.25, 0.3) is 0 Å². The molecule has 440 valence electrons. The van der Waals surface area contributed by atoms with Gasteiger partial charge >= 0.3 is 0 Å². The average Bonchev–Trinajstić information content (AvgIpc) is 3.37. The molecular weight excluding hydrogens is 1000 g/mol. The molecule has 5 saturated heterocycles. The van der Waals surface area contributed by atoms with E-state index in [2.05, 4.69) is 124 Å². The van der Waals surface area contributed by atoms with Crippen molar-refractivity contribution in [2.24, 2.45) is 62.6 Å². The monoisotopic (exact) mass is 1110 g/mol. The molecule has 5 fully saturated rings. The second kappa shape index (κ2) is 31.2. The number of aromatic nitrogens is 1. The number of piperidine rings is 5. The van der Waals surface area contributed by atoms with Crippen molar-refractivity contribution >= 4 is 26.0 Å². The van der Waals surface area contributed by atoms with Gasteiger partial charge in [0.15, 0.2) is 0 Å². The Hall–Kier alpha value is -3.17. The fraction of sp³-hybridized carbons (Fsp3) is 0.852. The molecule has 0 N–H and O–H groups in total. The van der Waals surface area contributed by atoms with E-state index >= 15 is 0 Å². The molecule has 0 radical (unpaired) electrons. The molecule has 14 nitrogen and oxygen atoms in total. The van der Waals surface area contributed by atoms with Gasteiger partial charge in [-0.05, 0) is 174 Å². The molecule has 0 bridgehead atoms. The zero-order valence-electron chi connectivity index (χ0n) is 51.6. The number of nitriles is 3. The van der Waals surface area contributed by atoms with E-state index in [1.54, 1.807) is 26.9 Å². The summed E-state index contributed by atoms with van der Waals surface area (Å²) in [6.07, 6.45) is 16.1. The van der Waals surface area contributed by atoms with Crippen molar-refractivity contribution in [1.29, 1.82) is 15.8 Å². The van der Waals surface area contributed by atoms with Crippen LogP contribution in [0.2, 0.25) is 0 Å². The predicted octanol–water partition coefficient (Wildman–Crippen LogP) is 12.0. The first kappa shape index (κ1) is 69.9. The van der Waals surface area contributed by atoms with Gasteiger partial charge in [0.25, 0.3) is 0 Å². The lowest BCUT2D eigenvalue weighted by Crippen LogP contribution is -2.43. The normalized spacial score (nSPS) is 21.1. The maximum atomic E-state index is 12.5. The Morgan fingerprint density at radius 1 is 0.662 bits per heavy atom. The molecule has 0 unspecified atom stereocenters. The van der Waals surface area contributed by atoms with E-state index in [1.165, 1.54) is 64.3 Å². The van der Waals surface area contributed by atoms with Crippen molar-refractivity contribution < 1.29 is 21.6 Å². The van der Waals surface area contributed by atoms with Crippen LogP contribution in [-0.4, -0.2) is 136 Å². The number of hydrogen-bond donors (Lipinski definition) is 0. The van der Waals surface area contributed by atoms with E-state index in [4.69, 9.17) is 15.8 Å². The van der Waals surface area contributed by atoms with Crippen molar-refractivity contribution in [1.82, 2.24) is 28.3 Å². The molecule has 0 aliphatic carbocycles. The number of amides is 1. The van der Waals surface area contributed by atoms with Crippen LogP contribution in [0.5, 0.6) is 0 Å². The van der Waals surface area contributed by atoms with Crippen LogP contribution >= 0.6 is 0 Å². The highest BCUT2D eigenvalue weighted by Crippen LogP contribution is 2.41. The molecule has 6 heterocycles. The highest BCUT2D eigenvalue weighted by molar-refractivity contribution is 7.89. The third kappa shape index (κ3) is 23.1. The van der Waals surface area contributed by atoms with Gasteiger partial charge in [0.05, 0.1) is 29.9 Å². The van der Waals surface area contributed by atoms with E-state index in [1.807, 2.05) is 24.8 Å². The summed E-state index contributed by atoms with van der Waals surface area (Å²) in [7, 11) is -6.33. The summed E-state index contributed by atoms with van der Waals surface area (Å²) in [6, 6.07) is 9.79. The van der Waals surface area contributed by atoms with Crippen molar-refractivity contribution in [2.45, 2.75) is 193 Å². The van der Waals surface area contributed by atoms with Crippen LogP contribution in [0, 0.1) is 96.6 Å². The molecular formula is C61H109N9O5S2. The van der Waals surface area contributed by atoms with E-state index in [0.717, 1.165) is 82.5 Å². The Morgan fingerprint density at radius 2 is 1.13 bits per heavy atom. The molecule has 16 heteroatoms. The van der Waals surface area contributed by atoms with E-state index in [0.29, 0.717) is 71.5 Å². The first-order valence-electron chi connectivity index (χ1n) is 29.3. The van der Waals surface area contributed by atoms with E-state index < -0.39 is 20.0 Å². The molecule has 1 aromatic rings. The van der Waals surface area contributed by atoms with Gasteiger partial charge in [0.1, 0.15) is 11.3 Å². The average molecular weight is 1110 g/mol. The Kier molecular flexibility index (Phi) is 28.3. The molecule has 1 aromatic heterocycles. The van der Waals surface area contributed by atoms with Gasteiger partial charge in [-0.15, -0.1) is 0 Å². The molecule has 0 saturated carbocycles. The quantitative estimate of drug-likeness (QED) is 0.194. The van der Waals surface area contributed by atoms with E-state index in [9.17, 15) is 21.6 Å². The van der Waals surface area contributed by atoms with Crippen molar-refractivity contribution in [2.75, 3.05) is 84.8 Å². The predicted molar refractivity (Wildman–Crippen MR) is 315 cm³/mol. The molecule has 5 aliphatic rings. The largest absolute Gasteiger partial charge is 0.342 e. The Morgan fingerprint density at radius 3 is 1.51 bits per heavy atom. The molecule has 77 heavy (non-hydrogen) atoms. The first-order chi connectivity index (χ1) is 35.6. The van der Waals surface area contributed by atoms with Crippen molar-refractivity contribution in [3.63, 3.8) is 0 Å². The number of likely N-dealkylation sites (tertiary alicyclic amines) is 3. The zero-order chi connectivity index (χ0) is 58.6. The maximum absolute atomic E-state index is 12.5. The van der Waals surface area contributed by atoms with Gasteiger partial charge in [-0.3, -0.25) is 9.78 Å². The third-order valence-corrected chi connectivity index (χ3v) is 22.2. The summed E-state index contributed by atoms with van der Waals surface area (Å²) >= 11 is 0. The summed E-state index contributed by atoms with van der Waals surface area (Å²) < 4.78 is 50.6. The van der Waals surface area contributed by atoms with Crippen LogP contribution in [0.15, 0.2) is 29.4 Å². The minimum atomic E-state index is -3.37. The summed E-state index contributed by atoms with van der Waals surface area (Å²) in [5, 5.41) is 26.0. The fourth-order valence-electron chi connectivity index (χ4n) is 11.0. The number of sulfonamides is 2. The number of nitrogens with zero attached hydrogens (tertiary/aromatic N) is 9. The summed E-state index contributed by atoms with van der Waals surface area (Å²) in [4.78, 5) is 22.4.